The van der Waals surface area contributed by atoms with Crippen molar-refractivity contribution in [3.05, 3.63) is 40.2 Å². The second kappa shape index (κ2) is 4.00. The number of hydrogen-bond donors (Lipinski definition) is 2. The van der Waals surface area contributed by atoms with Gasteiger partial charge in [-0.1, -0.05) is 0 Å². The van der Waals surface area contributed by atoms with Gasteiger partial charge in [0.1, 0.15) is 0 Å². The van der Waals surface area contributed by atoms with Crippen LogP contribution in [-0.2, 0) is 0 Å². The average molecular weight is 234 g/mol. The van der Waals surface area contributed by atoms with Crippen molar-refractivity contribution in [2.24, 2.45) is 0 Å². The van der Waals surface area contributed by atoms with E-state index in [0.29, 0.717) is 5.56 Å². The molecule has 1 heterocycles. The van der Waals surface area contributed by atoms with E-state index in [2.05, 4.69) is 15.2 Å². The third-order valence-corrected chi connectivity index (χ3v) is 2.02. The van der Waals surface area contributed by atoms with Crippen molar-refractivity contribution in [2.75, 3.05) is 0 Å². The molecule has 0 unspecified atom stereocenters. The van der Waals surface area contributed by atoms with Crippen molar-refractivity contribution >= 4 is 11.7 Å². The van der Waals surface area contributed by atoms with E-state index >= 15 is 0 Å². The van der Waals surface area contributed by atoms with Crippen LogP contribution in [0.15, 0.2) is 24.3 Å². The van der Waals surface area contributed by atoms with Gasteiger partial charge in [0.25, 0.3) is 5.69 Å². The van der Waals surface area contributed by atoms with Gasteiger partial charge in [-0.2, -0.15) is 5.10 Å². The zero-order chi connectivity index (χ0) is 12.4. The molecule has 8 nitrogen and oxygen atoms in total. The molecule has 2 aromatic rings. The highest BCUT2D eigenvalue weighted by Gasteiger charge is 2.12. The summed E-state index contributed by atoms with van der Waals surface area (Å²) < 4.78 is 0. The van der Waals surface area contributed by atoms with Gasteiger partial charge in [-0.25, -0.2) is 9.78 Å². The fraction of sp³-hybridized carbons (Fsp3) is 0. The molecule has 2 N–H and O–H groups in total. The lowest BCUT2D eigenvalue weighted by atomic mass is 10.2. The lowest BCUT2D eigenvalue weighted by molar-refractivity contribution is -0.384. The van der Waals surface area contributed by atoms with Crippen LogP contribution in [-0.4, -0.2) is 31.2 Å². The summed E-state index contributed by atoms with van der Waals surface area (Å²) in [6, 6.07) is 5.50. The number of carbonyl (C=O) groups is 1. The summed E-state index contributed by atoms with van der Waals surface area (Å²) in [5.74, 6) is -1.32. The third kappa shape index (κ3) is 2.09. The molecule has 0 saturated carbocycles. The SMILES string of the molecule is O=C(O)c1nc(-c2ccc([N+](=O)[O-])cc2)n[nH]1. The number of nitrogens with zero attached hydrogens (tertiary/aromatic N) is 3. The maximum absolute atomic E-state index is 10.6. The molecule has 0 amide bonds. The molecule has 1 aromatic carbocycles. The Morgan fingerprint density at radius 1 is 1.35 bits per heavy atom. The van der Waals surface area contributed by atoms with Gasteiger partial charge in [0.05, 0.1) is 4.92 Å². The largest absolute Gasteiger partial charge is 0.475 e. The second-order valence-corrected chi connectivity index (χ2v) is 3.12. The fourth-order valence-electron chi connectivity index (χ4n) is 1.22. The van der Waals surface area contributed by atoms with E-state index in [-0.39, 0.29) is 17.3 Å². The number of hydrogen-bond acceptors (Lipinski definition) is 5. The van der Waals surface area contributed by atoms with Gasteiger partial charge < -0.3 is 5.11 Å². The monoisotopic (exact) mass is 234 g/mol. The van der Waals surface area contributed by atoms with Crippen LogP contribution in [0.5, 0.6) is 0 Å². The number of carboxylic acids is 1. The van der Waals surface area contributed by atoms with Gasteiger partial charge in [0.2, 0.25) is 5.82 Å². The Morgan fingerprint density at radius 2 is 2.00 bits per heavy atom. The molecule has 0 aliphatic heterocycles. The van der Waals surface area contributed by atoms with E-state index in [0.717, 1.165) is 0 Å². The van der Waals surface area contributed by atoms with Crippen molar-refractivity contribution in [3.8, 4) is 11.4 Å². The Hall–Kier alpha value is -2.77. The van der Waals surface area contributed by atoms with Crippen LogP contribution in [0.3, 0.4) is 0 Å². The van der Waals surface area contributed by atoms with Crippen molar-refractivity contribution in [3.63, 3.8) is 0 Å². The number of aromatic carboxylic acids is 1. The van der Waals surface area contributed by atoms with Crippen LogP contribution < -0.4 is 0 Å². The summed E-state index contributed by atoms with van der Waals surface area (Å²) in [4.78, 5) is 24.2. The van der Waals surface area contributed by atoms with Crippen LogP contribution in [0.2, 0.25) is 0 Å². The lowest BCUT2D eigenvalue weighted by Gasteiger charge is -1.94. The minimum absolute atomic E-state index is 0.0530. The van der Waals surface area contributed by atoms with Crippen LogP contribution in [0, 0.1) is 10.1 Å². The van der Waals surface area contributed by atoms with Gasteiger partial charge in [-0.3, -0.25) is 15.2 Å². The third-order valence-electron chi connectivity index (χ3n) is 2.02. The maximum atomic E-state index is 10.6. The molecule has 0 fully saturated rings. The number of nitrogens with one attached hydrogen (secondary N) is 1. The Morgan fingerprint density at radius 3 is 2.47 bits per heavy atom. The predicted molar refractivity (Wildman–Crippen MR) is 55.4 cm³/mol. The number of H-pyrrole nitrogens is 1. The molecule has 0 spiro atoms. The van der Waals surface area contributed by atoms with Crippen molar-refractivity contribution in [1.29, 1.82) is 0 Å². The van der Waals surface area contributed by atoms with Gasteiger partial charge in [-0.05, 0) is 12.1 Å². The zero-order valence-electron chi connectivity index (χ0n) is 8.32. The Bertz CT molecular complexity index is 575. The molecule has 17 heavy (non-hydrogen) atoms. The first kappa shape index (κ1) is 10.7. The molecule has 0 bridgehead atoms. The topological polar surface area (TPSA) is 122 Å². The first-order valence-corrected chi connectivity index (χ1v) is 4.48. The normalized spacial score (nSPS) is 10.1. The van der Waals surface area contributed by atoms with Crippen LogP contribution in [0.25, 0.3) is 11.4 Å². The number of rotatable bonds is 3. The number of nitro benzene ring substituents is 1. The average Bonchev–Trinajstić information content (AvgIpc) is 2.78. The summed E-state index contributed by atoms with van der Waals surface area (Å²) in [5.41, 5.74) is 0.446. The lowest BCUT2D eigenvalue weighted by Crippen LogP contribution is -1.98. The summed E-state index contributed by atoms with van der Waals surface area (Å²) in [6.07, 6.45) is 0. The molecule has 0 radical (unpaired) electrons. The Kier molecular flexibility index (Phi) is 2.53. The minimum atomic E-state index is -1.22. The molecule has 86 valence electrons. The summed E-state index contributed by atoms with van der Waals surface area (Å²) in [7, 11) is 0. The highest BCUT2D eigenvalue weighted by atomic mass is 16.6. The van der Waals surface area contributed by atoms with Crippen molar-refractivity contribution in [2.45, 2.75) is 0 Å². The quantitative estimate of drug-likeness (QED) is 0.605. The van der Waals surface area contributed by atoms with E-state index in [1.165, 1.54) is 24.3 Å². The molecule has 0 saturated heterocycles. The maximum Gasteiger partial charge on any atom is 0.373 e. The summed E-state index contributed by atoms with van der Waals surface area (Å²) >= 11 is 0. The molecule has 0 aliphatic rings. The van der Waals surface area contributed by atoms with E-state index in [1.54, 1.807) is 0 Å². The van der Waals surface area contributed by atoms with Gasteiger partial charge in [0.15, 0.2) is 5.82 Å². The zero-order valence-corrected chi connectivity index (χ0v) is 8.32. The van der Waals surface area contributed by atoms with E-state index in [1.807, 2.05) is 0 Å². The number of aromatic nitrogens is 3. The summed E-state index contributed by atoms with van der Waals surface area (Å²) in [6.45, 7) is 0. The van der Waals surface area contributed by atoms with Crippen molar-refractivity contribution in [1.82, 2.24) is 15.2 Å². The van der Waals surface area contributed by atoms with E-state index in [9.17, 15) is 14.9 Å². The molecular weight excluding hydrogens is 228 g/mol. The Labute approximate surface area is 94.1 Å². The van der Waals surface area contributed by atoms with Gasteiger partial charge in [-0.15, -0.1) is 0 Å². The van der Waals surface area contributed by atoms with Gasteiger partial charge in [0, 0.05) is 17.7 Å². The number of non-ortho nitro benzene ring substituents is 1. The Balaban J connectivity index is 2.33. The molecule has 0 aliphatic carbocycles. The first-order chi connectivity index (χ1) is 8.08. The predicted octanol–water partition coefficient (Wildman–Crippen LogP) is 1.08. The highest BCUT2D eigenvalue weighted by molar-refractivity contribution is 5.83. The molecule has 0 atom stereocenters. The fourth-order valence-corrected chi connectivity index (χ4v) is 1.22. The van der Waals surface area contributed by atoms with Crippen LogP contribution in [0.1, 0.15) is 10.6 Å². The van der Waals surface area contributed by atoms with Crippen LogP contribution in [0.4, 0.5) is 5.69 Å². The van der Waals surface area contributed by atoms with E-state index in [4.69, 9.17) is 5.11 Å². The number of nitro groups is 1. The number of carboxylic acid groups (broad SMARTS) is 1. The molecule has 2 rings (SSSR count). The smallest absolute Gasteiger partial charge is 0.373 e. The number of benzene rings is 1. The molecule has 8 heteroatoms. The highest BCUT2D eigenvalue weighted by Crippen LogP contribution is 2.18. The molecule has 1 aromatic heterocycles. The second-order valence-electron chi connectivity index (χ2n) is 3.12. The standard InChI is InChI=1S/C9H6N4O4/c14-9(15)8-10-7(11-12-8)5-1-3-6(4-2-5)13(16)17/h1-4H,(H,14,15)(H,10,11,12). The minimum Gasteiger partial charge on any atom is -0.475 e. The van der Waals surface area contributed by atoms with E-state index < -0.39 is 10.9 Å². The molecular formula is C9H6N4O4. The van der Waals surface area contributed by atoms with Crippen molar-refractivity contribution < 1.29 is 14.8 Å². The van der Waals surface area contributed by atoms with Gasteiger partial charge >= 0.3 is 5.97 Å². The van der Waals surface area contributed by atoms with Crippen LogP contribution >= 0.6 is 0 Å². The first-order valence-electron chi connectivity index (χ1n) is 4.48. The summed E-state index contributed by atoms with van der Waals surface area (Å²) in [5, 5.41) is 25.0. The number of aromatic amines is 1.